The number of alkyl halides is 3. The minimum absolute atomic E-state index is 0.199. The SMILES string of the molecule is NS(=O)c1ccccc1-c1ccc2nc(/C=C/c3cccc(C(F)(F)F)c3F)[nH]c2c1. The molecule has 0 spiro atoms. The number of fused-ring (bicyclic) bond motifs is 1. The maximum atomic E-state index is 14.2. The highest BCUT2D eigenvalue weighted by atomic mass is 32.2. The average Bonchev–Trinajstić information content (AvgIpc) is 3.14. The lowest BCUT2D eigenvalue weighted by Crippen LogP contribution is -2.08. The van der Waals surface area contributed by atoms with Crippen LogP contribution in [0.15, 0.2) is 65.6 Å². The van der Waals surface area contributed by atoms with E-state index in [2.05, 4.69) is 9.97 Å². The lowest BCUT2D eigenvalue weighted by Gasteiger charge is -2.08. The van der Waals surface area contributed by atoms with E-state index in [0.717, 1.165) is 11.6 Å². The Kier molecular flexibility index (Phi) is 5.47. The number of hydrogen-bond donors (Lipinski definition) is 2. The van der Waals surface area contributed by atoms with Gasteiger partial charge in [0.1, 0.15) is 22.6 Å². The van der Waals surface area contributed by atoms with Crippen LogP contribution in [0.5, 0.6) is 0 Å². The number of hydrogen-bond acceptors (Lipinski definition) is 2. The highest BCUT2D eigenvalue weighted by molar-refractivity contribution is 7.82. The Morgan fingerprint density at radius 3 is 2.52 bits per heavy atom. The molecule has 3 N–H and O–H groups in total. The molecular formula is C22H15F4N3OS. The van der Waals surface area contributed by atoms with Gasteiger partial charge in [0.05, 0.1) is 21.5 Å². The molecule has 1 unspecified atom stereocenters. The lowest BCUT2D eigenvalue weighted by atomic mass is 10.1. The number of nitrogens with zero attached hydrogens (tertiary/aromatic N) is 1. The first-order valence-corrected chi connectivity index (χ1v) is 10.2. The maximum absolute atomic E-state index is 14.2. The minimum atomic E-state index is -4.77. The first-order chi connectivity index (χ1) is 14.7. The van der Waals surface area contributed by atoms with Crippen molar-refractivity contribution in [2.45, 2.75) is 11.1 Å². The zero-order chi connectivity index (χ0) is 22.2. The van der Waals surface area contributed by atoms with E-state index >= 15 is 0 Å². The van der Waals surface area contributed by atoms with Gasteiger partial charge in [0.2, 0.25) is 0 Å². The smallest absolute Gasteiger partial charge is 0.338 e. The van der Waals surface area contributed by atoms with Gasteiger partial charge in [0, 0.05) is 5.56 Å². The van der Waals surface area contributed by atoms with Crippen molar-refractivity contribution < 1.29 is 21.8 Å². The van der Waals surface area contributed by atoms with E-state index in [9.17, 15) is 21.8 Å². The second kappa shape index (κ2) is 8.09. The summed E-state index contributed by atoms with van der Waals surface area (Å²) in [6.45, 7) is 0. The van der Waals surface area contributed by atoms with Crippen LogP contribution >= 0.6 is 0 Å². The molecule has 0 bridgehead atoms. The van der Waals surface area contributed by atoms with Gasteiger partial charge in [-0.3, -0.25) is 0 Å². The number of H-pyrrole nitrogens is 1. The molecule has 31 heavy (non-hydrogen) atoms. The van der Waals surface area contributed by atoms with E-state index in [1.807, 2.05) is 0 Å². The average molecular weight is 445 g/mol. The first-order valence-electron chi connectivity index (χ1n) is 9.03. The van der Waals surface area contributed by atoms with Gasteiger partial charge in [0.15, 0.2) is 0 Å². The van der Waals surface area contributed by atoms with Crippen molar-refractivity contribution in [3.05, 3.63) is 83.4 Å². The fourth-order valence-electron chi connectivity index (χ4n) is 3.22. The molecule has 0 saturated carbocycles. The first kappa shape index (κ1) is 21.0. The molecule has 9 heteroatoms. The highest BCUT2D eigenvalue weighted by Gasteiger charge is 2.34. The predicted molar refractivity (Wildman–Crippen MR) is 112 cm³/mol. The molecule has 4 aromatic rings. The molecule has 3 aromatic carbocycles. The van der Waals surface area contributed by atoms with Crippen LogP contribution in [-0.2, 0) is 17.2 Å². The molecule has 0 radical (unpaired) electrons. The Hall–Kier alpha value is -3.30. The summed E-state index contributed by atoms with van der Waals surface area (Å²) in [5, 5.41) is 5.55. The maximum Gasteiger partial charge on any atom is 0.419 e. The largest absolute Gasteiger partial charge is 0.419 e. The quantitative estimate of drug-likeness (QED) is 0.405. The van der Waals surface area contributed by atoms with Crippen LogP contribution in [0.1, 0.15) is 17.0 Å². The molecule has 0 saturated heterocycles. The topological polar surface area (TPSA) is 71.8 Å². The van der Waals surface area contributed by atoms with E-state index in [4.69, 9.17) is 5.14 Å². The summed E-state index contributed by atoms with van der Waals surface area (Å²) in [6.07, 6.45) is -2.13. The molecular weight excluding hydrogens is 430 g/mol. The third kappa shape index (κ3) is 4.28. The van der Waals surface area contributed by atoms with Crippen LogP contribution in [0.25, 0.3) is 34.3 Å². The Morgan fingerprint density at radius 2 is 1.77 bits per heavy atom. The molecule has 4 nitrogen and oxygen atoms in total. The van der Waals surface area contributed by atoms with E-state index in [1.165, 1.54) is 18.2 Å². The van der Waals surface area contributed by atoms with Crippen molar-refractivity contribution in [1.82, 2.24) is 9.97 Å². The zero-order valence-electron chi connectivity index (χ0n) is 15.8. The molecule has 4 rings (SSSR count). The van der Waals surface area contributed by atoms with Crippen LogP contribution in [0, 0.1) is 5.82 Å². The van der Waals surface area contributed by atoms with Crippen molar-refractivity contribution in [2.75, 3.05) is 0 Å². The van der Waals surface area contributed by atoms with E-state index in [-0.39, 0.29) is 5.56 Å². The summed E-state index contributed by atoms with van der Waals surface area (Å²) >= 11 is 0. The van der Waals surface area contributed by atoms with Gasteiger partial charge in [-0.2, -0.15) is 13.2 Å². The molecule has 0 amide bonds. The molecule has 0 aliphatic carbocycles. The molecule has 1 atom stereocenters. The molecule has 158 valence electrons. The van der Waals surface area contributed by atoms with Crippen molar-refractivity contribution >= 4 is 34.2 Å². The molecule has 0 aliphatic heterocycles. The van der Waals surface area contributed by atoms with Gasteiger partial charge in [-0.05, 0) is 47.5 Å². The summed E-state index contributed by atoms with van der Waals surface area (Å²) in [5.74, 6) is -0.990. The summed E-state index contributed by atoms with van der Waals surface area (Å²) < 4.78 is 64.6. The third-order valence-electron chi connectivity index (χ3n) is 4.67. The predicted octanol–water partition coefficient (Wildman–Crippen LogP) is 5.54. The van der Waals surface area contributed by atoms with Gasteiger partial charge in [-0.1, -0.05) is 36.4 Å². The van der Waals surface area contributed by atoms with Gasteiger partial charge < -0.3 is 4.98 Å². The summed E-state index contributed by atoms with van der Waals surface area (Å²) in [6, 6.07) is 15.5. The van der Waals surface area contributed by atoms with Gasteiger partial charge in [-0.25, -0.2) is 18.7 Å². The number of aromatic nitrogens is 2. The number of aromatic amines is 1. The second-order valence-corrected chi connectivity index (χ2v) is 7.72. The van der Waals surface area contributed by atoms with Crippen molar-refractivity contribution in [3.8, 4) is 11.1 Å². The Labute approximate surface area is 177 Å². The third-order valence-corrected chi connectivity index (χ3v) is 5.46. The lowest BCUT2D eigenvalue weighted by molar-refractivity contribution is -0.140. The number of imidazole rings is 1. The molecule has 1 heterocycles. The number of rotatable bonds is 4. The van der Waals surface area contributed by atoms with Crippen LogP contribution in [-0.4, -0.2) is 14.2 Å². The van der Waals surface area contributed by atoms with Crippen molar-refractivity contribution in [1.29, 1.82) is 0 Å². The monoisotopic (exact) mass is 445 g/mol. The van der Waals surface area contributed by atoms with E-state index in [0.29, 0.717) is 33.4 Å². The van der Waals surface area contributed by atoms with Gasteiger partial charge >= 0.3 is 6.18 Å². The number of benzene rings is 3. The molecule has 1 aromatic heterocycles. The van der Waals surface area contributed by atoms with Crippen molar-refractivity contribution in [2.24, 2.45) is 5.14 Å². The van der Waals surface area contributed by atoms with E-state index < -0.39 is 28.5 Å². The second-order valence-electron chi connectivity index (χ2n) is 6.69. The number of halogens is 4. The van der Waals surface area contributed by atoms with E-state index in [1.54, 1.807) is 42.5 Å². The minimum Gasteiger partial charge on any atom is -0.338 e. The Morgan fingerprint density at radius 1 is 1.00 bits per heavy atom. The summed E-state index contributed by atoms with van der Waals surface area (Å²) in [4.78, 5) is 7.88. The fraction of sp³-hybridized carbons (Fsp3) is 0.0455. The Balaban J connectivity index is 1.68. The van der Waals surface area contributed by atoms with Crippen LogP contribution in [0.4, 0.5) is 17.6 Å². The summed E-state index contributed by atoms with van der Waals surface area (Å²) in [5.41, 5.74) is 1.22. The standard InChI is InChI=1S/C22H15F4N3OS/c23-21-13(4-3-6-16(21)22(24,25)26)9-11-20-28-17-10-8-14(12-18(17)29-20)15-5-1-2-7-19(15)31(27)30/h1-12H,27H2,(H,28,29)/b11-9+. The molecule has 0 aliphatic rings. The fourth-order valence-corrected chi connectivity index (χ4v) is 3.84. The van der Waals surface area contributed by atoms with Crippen molar-refractivity contribution in [3.63, 3.8) is 0 Å². The molecule has 0 fully saturated rings. The zero-order valence-corrected chi connectivity index (χ0v) is 16.6. The van der Waals surface area contributed by atoms with Crippen LogP contribution < -0.4 is 5.14 Å². The normalized spacial score (nSPS) is 13.2. The Bertz CT molecular complexity index is 1330. The summed E-state index contributed by atoms with van der Waals surface area (Å²) in [7, 11) is -1.66. The number of nitrogens with two attached hydrogens (primary N) is 1. The van der Waals surface area contributed by atoms with Crippen LogP contribution in [0.2, 0.25) is 0 Å². The highest BCUT2D eigenvalue weighted by Crippen LogP contribution is 2.33. The van der Waals surface area contributed by atoms with Gasteiger partial charge in [-0.15, -0.1) is 0 Å². The number of nitrogens with one attached hydrogen (secondary N) is 1. The van der Waals surface area contributed by atoms with Gasteiger partial charge in [0.25, 0.3) is 0 Å². The van der Waals surface area contributed by atoms with Crippen LogP contribution in [0.3, 0.4) is 0 Å².